The molecule has 0 bridgehead atoms. The van der Waals surface area contributed by atoms with E-state index >= 15 is 0 Å². The van der Waals surface area contributed by atoms with E-state index in [9.17, 15) is 0 Å². The smallest absolute Gasteiger partial charge is 0.0653 e. The van der Waals surface area contributed by atoms with Crippen molar-refractivity contribution in [2.75, 3.05) is 19.8 Å². The van der Waals surface area contributed by atoms with Crippen LogP contribution in [0.2, 0.25) is 0 Å². The second-order valence-corrected chi connectivity index (χ2v) is 6.19. The maximum atomic E-state index is 5.83. The number of likely N-dealkylation sites (tertiary alicyclic amines) is 1. The van der Waals surface area contributed by atoms with Gasteiger partial charge in [0.25, 0.3) is 0 Å². The molecule has 0 aromatic heterocycles. The van der Waals surface area contributed by atoms with E-state index in [1.807, 2.05) is 0 Å². The van der Waals surface area contributed by atoms with Crippen molar-refractivity contribution >= 4 is 0 Å². The molecule has 0 aromatic rings. The summed E-state index contributed by atoms with van der Waals surface area (Å²) in [6.45, 7) is 12.6. The first-order valence-corrected chi connectivity index (χ1v) is 6.92. The Bertz CT molecular complexity index is 239. The van der Waals surface area contributed by atoms with Crippen LogP contribution in [0.5, 0.6) is 0 Å². The summed E-state index contributed by atoms with van der Waals surface area (Å²) in [4.78, 5) is 2.72. The third kappa shape index (κ3) is 1.91. The Morgan fingerprint density at radius 2 is 2.00 bits per heavy atom. The maximum Gasteiger partial charge on any atom is 0.0653 e. The average molecular weight is 225 g/mol. The van der Waals surface area contributed by atoms with Crippen LogP contribution in [-0.2, 0) is 4.74 Å². The molecule has 94 valence electrons. The van der Waals surface area contributed by atoms with E-state index < -0.39 is 0 Å². The molecule has 2 aliphatic heterocycles. The highest BCUT2D eigenvalue weighted by molar-refractivity contribution is 5.04. The van der Waals surface area contributed by atoms with Crippen LogP contribution in [0.4, 0.5) is 0 Å². The highest BCUT2D eigenvalue weighted by Gasteiger charge is 2.50. The number of rotatable bonds is 2. The predicted molar refractivity (Wildman–Crippen MR) is 67.6 cm³/mol. The van der Waals surface area contributed by atoms with E-state index in [1.165, 1.54) is 25.8 Å². The standard InChI is InChI=1S/C14H27NO/c1-11(2)13-6-9-16-10-14(13)7-5-8-15(14)12(3)4/h11-13H,5-10H2,1-4H3/t13-,14-/m1/s1. The van der Waals surface area contributed by atoms with Crippen LogP contribution in [0.25, 0.3) is 0 Å². The summed E-state index contributed by atoms with van der Waals surface area (Å²) in [7, 11) is 0. The lowest BCUT2D eigenvalue weighted by molar-refractivity contribution is -0.0923. The average Bonchev–Trinajstić information content (AvgIpc) is 2.62. The van der Waals surface area contributed by atoms with Gasteiger partial charge < -0.3 is 4.74 Å². The lowest BCUT2D eigenvalue weighted by Gasteiger charge is -2.50. The van der Waals surface area contributed by atoms with Gasteiger partial charge in [-0.25, -0.2) is 0 Å². The Kier molecular flexibility index (Phi) is 3.60. The minimum Gasteiger partial charge on any atom is -0.380 e. The van der Waals surface area contributed by atoms with Gasteiger partial charge in [0.05, 0.1) is 6.61 Å². The number of ether oxygens (including phenoxy) is 1. The van der Waals surface area contributed by atoms with Gasteiger partial charge in [-0.1, -0.05) is 13.8 Å². The van der Waals surface area contributed by atoms with E-state index in [0.717, 1.165) is 25.0 Å². The van der Waals surface area contributed by atoms with Crippen molar-refractivity contribution in [2.45, 2.75) is 58.5 Å². The minimum atomic E-state index is 0.362. The summed E-state index contributed by atoms with van der Waals surface area (Å²) in [5, 5.41) is 0. The van der Waals surface area contributed by atoms with Crippen molar-refractivity contribution in [3.63, 3.8) is 0 Å². The van der Waals surface area contributed by atoms with Crippen LogP contribution < -0.4 is 0 Å². The second-order valence-electron chi connectivity index (χ2n) is 6.19. The Balaban J connectivity index is 2.24. The number of hydrogen-bond donors (Lipinski definition) is 0. The third-order valence-corrected chi connectivity index (χ3v) is 4.62. The molecule has 0 aromatic carbocycles. The fraction of sp³-hybridized carbons (Fsp3) is 1.00. The normalized spacial score (nSPS) is 36.8. The van der Waals surface area contributed by atoms with Crippen molar-refractivity contribution in [1.29, 1.82) is 0 Å². The molecule has 2 rings (SSSR count). The first kappa shape index (κ1) is 12.4. The molecule has 2 atom stereocenters. The van der Waals surface area contributed by atoms with Gasteiger partial charge in [-0.15, -0.1) is 0 Å². The van der Waals surface area contributed by atoms with Crippen molar-refractivity contribution in [3.05, 3.63) is 0 Å². The molecule has 2 heterocycles. The monoisotopic (exact) mass is 225 g/mol. The largest absolute Gasteiger partial charge is 0.380 e. The summed E-state index contributed by atoms with van der Waals surface area (Å²) in [6, 6.07) is 0.658. The van der Waals surface area contributed by atoms with Crippen LogP contribution in [0.1, 0.15) is 47.0 Å². The van der Waals surface area contributed by atoms with Crippen LogP contribution in [0.15, 0.2) is 0 Å². The number of nitrogens with zero attached hydrogens (tertiary/aromatic N) is 1. The van der Waals surface area contributed by atoms with Gasteiger partial charge in [0.15, 0.2) is 0 Å². The van der Waals surface area contributed by atoms with Gasteiger partial charge in [0.1, 0.15) is 0 Å². The van der Waals surface area contributed by atoms with Gasteiger partial charge in [0.2, 0.25) is 0 Å². The van der Waals surface area contributed by atoms with Crippen LogP contribution in [-0.4, -0.2) is 36.2 Å². The zero-order chi connectivity index (χ0) is 11.8. The molecule has 2 fully saturated rings. The van der Waals surface area contributed by atoms with Crippen LogP contribution >= 0.6 is 0 Å². The highest BCUT2D eigenvalue weighted by atomic mass is 16.5. The lowest BCUT2D eigenvalue weighted by Crippen LogP contribution is -2.59. The van der Waals surface area contributed by atoms with Gasteiger partial charge in [-0.05, 0) is 51.5 Å². The first-order chi connectivity index (χ1) is 7.58. The van der Waals surface area contributed by atoms with Crippen molar-refractivity contribution in [3.8, 4) is 0 Å². The Labute approximate surface area is 100 Å². The molecule has 16 heavy (non-hydrogen) atoms. The molecule has 2 aliphatic rings. The highest BCUT2D eigenvalue weighted by Crippen LogP contribution is 2.44. The zero-order valence-corrected chi connectivity index (χ0v) is 11.3. The van der Waals surface area contributed by atoms with Crippen molar-refractivity contribution in [2.24, 2.45) is 11.8 Å². The third-order valence-electron chi connectivity index (χ3n) is 4.62. The molecule has 2 heteroatoms. The maximum absolute atomic E-state index is 5.83. The van der Waals surface area contributed by atoms with E-state index in [4.69, 9.17) is 4.74 Å². The molecular formula is C14H27NO. The van der Waals surface area contributed by atoms with Crippen LogP contribution in [0.3, 0.4) is 0 Å². The first-order valence-electron chi connectivity index (χ1n) is 6.92. The quantitative estimate of drug-likeness (QED) is 0.716. The fourth-order valence-corrected chi connectivity index (χ4v) is 4.04. The minimum absolute atomic E-state index is 0.362. The number of hydrogen-bond acceptors (Lipinski definition) is 2. The SMILES string of the molecule is CC(C)[C@H]1CCOC[C@]12CCCN2C(C)C. The van der Waals surface area contributed by atoms with E-state index in [0.29, 0.717) is 11.6 Å². The molecule has 0 radical (unpaired) electrons. The Morgan fingerprint density at radius 1 is 1.25 bits per heavy atom. The summed E-state index contributed by atoms with van der Waals surface area (Å²) >= 11 is 0. The fourth-order valence-electron chi connectivity index (χ4n) is 4.04. The van der Waals surface area contributed by atoms with E-state index in [2.05, 4.69) is 32.6 Å². The summed E-state index contributed by atoms with van der Waals surface area (Å²) < 4.78 is 5.83. The molecule has 2 nitrogen and oxygen atoms in total. The zero-order valence-electron chi connectivity index (χ0n) is 11.3. The van der Waals surface area contributed by atoms with Gasteiger partial charge >= 0.3 is 0 Å². The molecule has 2 saturated heterocycles. The molecule has 1 spiro atoms. The summed E-state index contributed by atoms with van der Waals surface area (Å²) in [5.41, 5.74) is 0.362. The molecule has 0 N–H and O–H groups in total. The summed E-state index contributed by atoms with van der Waals surface area (Å²) in [6.07, 6.45) is 3.94. The van der Waals surface area contributed by atoms with Gasteiger partial charge in [-0.3, -0.25) is 4.90 Å². The summed E-state index contributed by atoms with van der Waals surface area (Å²) in [5.74, 6) is 1.61. The lowest BCUT2D eigenvalue weighted by atomic mass is 9.72. The van der Waals surface area contributed by atoms with Gasteiger partial charge in [0, 0.05) is 18.2 Å². The van der Waals surface area contributed by atoms with Crippen molar-refractivity contribution < 1.29 is 4.74 Å². The topological polar surface area (TPSA) is 12.5 Å². The van der Waals surface area contributed by atoms with Crippen molar-refractivity contribution in [1.82, 2.24) is 4.90 Å². The van der Waals surface area contributed by atoms with Crippen LogP contribution in [0, 0.1) is 11.8 Å². The Hall–Kier alpha value is -0.0800. The molecule has 0 unspecified atom stereocenters. The Morgan fingerprint density at radius 3 is 2.62 bits per heavy atom. The molecule has 0 amide bonds. The molecule has 0 saturated carbocycles. The molecular weight excluding hydrogens is 198 g/mol. The van der Waals surface area contributed by atoms with E-state index in [-0.39, 0.29) is 0 Å². The second kappa shape index (κ2) is 4.66. The van der Waals surface area contributed by atoms with E-state index in [1.54, 1.807) is 0 Å². The predicted octanol–water partition coefficient (Wildman–Crippen LogP) is 2.92. The van der Waals surface area contributed by atoms with Gasteiger partial charge in [-0.2, -0.15) is 0 Å². The molecule has 0 aliphatic carbocycles.